The van der Waals surface area contributed by atoms with Gasteiger partial charge < -0.3 is 19.3 Å². The first-order valence-corrected chi connectivity index (χ1v) is 12.4. The second kappa shape index (κ2) is 10.9. The minimum Gasteiger partial charge on any atom is -0.491 e. The number of nitrogens with zero attached hydrogens (tertiary/aromatic N) is 3. The summed E-state index contributed by atoms with van der Waals surface area (Å²) < 4.78 is 11.9. The molecule has 2 aromatic carbocycles. The van der Waals surface area contributed by atoms with E-state index in [-0.39, 0.29) is 17.7 Å². The molecule has 2 fully saturated rings. The smallest absolute Gasteiger partial charge is 0.257 e. The number of fused-ring (bicyclic) bond motifs is 1. The van der Waals surface area contributed by atoms with E-state index in [2.05, 4.69) is 29.2 Å². The van der Waals surface area contributed by atoms with Crippen LogP contribution in [0.4, 0.5) is 0 Å². The van der Waals surface area contributed by atoms with Gasteiger partial charge in [-0.25, -0.2) is 0 Å². The highest BCUT2D eigenvalue weighted by molar-refractivity contribution is 5.97. The Morgan fingerprint density at radius 3 is 2.91 bits per heavy atom. The van der Waals surface area contributed by atoms with Gasteiger partial charge in [-0.15, -0.1) is 0 Å². The van der Waals surface area contributed by atoms with E-state index in [1.54, 1.807) is 0 Å². The van der Waals surface area contributed by atoms with E-state index in [0.29, 0.717) is 57.2 Å². The zero-order valence-corrected chi connectivity index (χ0v) is 19.9. The Morgan fingerprint density at radius 1 is 1.11 bits per heavy atom. The highest BCUT2D eigenvalue weighted by Gasteiger charge is 2.26. The summed E-state index contributed by atoms with van der Waals surface area (Å²) in [7, 11) is 0. The van der Waals surface area contributed by atoms with Crippen LogP contribution in [0.2, 0.25) is 0 Å². The van der Waals surface area contributed by atoms with Crippen molar-refractivity contribution < 1.29 is 19.1 Å². The fourth-order valence-corrected chi connectivity index (χ4v) is 5.01. The second-order valence-corrected chi connectivity index (χ2v) is 9.24. The maximum absolute atomic E-state index is 13.6. The molecule has 3 aromatic rings. The number of hydrogen-bond donors (Lipinski definition) is 0. The molecule has 1 aromatic heterocycles. The Labute approximate surface area is 205 Å². The zero-order chi connectivity index (χ0) is 24.0. The third kappa shape index (κ3) is 5.46. The molecule has 3 heterocycles. The van der Waals surface area contributed by atoms with Gasteiger partial charge in [0.2, 0.25) is 5.91 Å². The average molecular weight is 474 g/mol. The fourth-order valence-electron chi connectivity index (χ4n) is 5.01. The van der Waals surface area contributed by atoms with Gasteiger partial charge >= 0.3 is 0 Å². The van der Waals surface area contributed by atoms with E-state index in [9.17, 15) is 9.59 Å². The van der Waals surface area contributed by atoms with Crippen molar-refractivity contribution in [3.63, 3.8) is 0 Å². The molecule has 182 valence electrons. The summed E-state index contributed by atoms with van der Waals surface area (Å²) in [6.07, 6.45) is 6.05. The average Bonchev–Trinajstić information content (AvgIpc) is 3.15. The summed E-state index contributed by atoms with van der Waals surface area (Å²) in [5, 5.41) is 2.31. The van der Waals surface area contributed by atoms with Gasteiger partial charge in [-0.05, 0) is 42.0 Å². The number of likely N-dealkylation sites (tertiary alicyclic amines) is 1. The van der Waals surface area contributed by atoms with Crippen LogP contribution in [0.1, 0.15) is 28.8 Å². The van der Waals surface area contributed by atoms with Gasteiger partial charge in [0.1, 0.15) is 12.4 Å². The normalized spacial score (nSPS) is 18.6. The molecule has 0 bridgehead atoms. The monoisotopic (exact) mass is 473 g/mol. The van der Waals surface area contributed by atoms with Crippen molar-refractivity contribution in [1.29, 1.82) is 0 Å². The topological polar surface area (TPSA) is 72.0 Å². The summed E-state index contributed by atoms with van der Waals surface area (Å²) >= 11 is 0. The molecule has 5 rings (SSSR count). The second-order valence-electron chi connectivity index (χ2n) is 9.24. The van der Waals surface area contributed by atoms with E-state index in [0.717, 1.165) is 24.8 Å². The van der Waals surface area contributed by atoms with Crippen LogP contribution in [0.25, 0.3) is 10.8 Å². The Kier molecular flexibility index (Phi) is 7.23. The summed E-state index contributed by atoms with van der Waals surface area (Å²) in [4.78, 5) is 33.4. The number of benzene rings is 2. The molecule has 0 N–H and O–H groups in total. The summed E-state index contributed by atoms with van der Waals surface area (Å²) in [5.74, 6) is 0.883. The van der Waals surface area contributed by atoms with Crippen LogP contribution in [-0.4, -0.2) is 72.6 Å². The number of rotatable bonds is 7. The maximum Gasteiger partial charge on any atom is 0.257 e. The van der Waals surface area contributed by atoms with Gasteiger partial charge in [0.05, 0.1) is 25.3 Å². The molecule has 1 atom stereocenters. The largest absolute Gasteiger partial charge is 0.491 e. The lowest BCUT2D eigenvalue weighted by molar-refractivity contribution is -0.128. The molecule has 2 aliphatic heterocycles. The molecule has 0 aliphatic carbocycles. The van der Waals surface area contributed by atoms with Crippen LogP contribution in [0, 0.1) is 5.92 Å². The Morgan fingerprint density at radius 2 is 2.03 bits per heavy atom. The third-order valence-electron chi connectivity index (χ3n) is 6.81. The lowest BCUT2D eigenvalue weighted by Crippen LogP contribution is -2.36. The van der Waals surface area contributed by atoms with E-state index < -0.39 is 0 Å². The molecular formula is C28H31N3O4. The number of carbonyl (C=O) groups is 2. The summed E-state index contributed by atoms with van der Waals surface area (Å²) in [5.41, 5.74) is 1.80. The van der Waals surface area contributed by atoms with Crippen LogP contribution in [-0.2, 0) is 16.0 Å². The molecule has 7 nitrogen and oxygen atoms in total. The zero-order valence-electron chi connectivity index (χ0n) is 19.9. The van der Waals surface area contributed by atoms with Crippen molar-refractivity contribution in [3.8, 4) is 5.75 Å². The number of ether oxygens (including phenoxy) is 2. The SMILES string of the molecule is O=C1CCCN1CCOc1ccccc1C(=O)N1CCOC[C@@H](Cc2cccc3cnccc23)C1. The van der Waals surface area contributed by atoms with Gasteiger partial charge in [0.15, 0.2) is 0 Å². The van der Waals surface area contributed by atoms with E-state index in [1.807, 2.05) is 46.5 Å². The van der Waals surface area contributed by atoms with Gasteiger partial charge in [-0.1, -0.05) is 30.3 Å². The quantitative estimate of drug-likeness (QED) is 0.525. The fraction of sp³-hybridized carbons (Fsp3) is 0.393. The number of hydrogen-bond acceptors (Lipinski definition) is 5. The molecule has 0 saturated carbocycles. The molecular weight excluding hydrogens is 442 g/mol. The highest BCUT2D eigenvalue weighted by atomic mass is 16.5. The van der Waals surface area contributed by atoms with Gasteiger partial charge in [0.25, 0.3) is 5.91 Å². The predicted molar refractivity (Wildman–Crippen MR) is 133 cm³/mol. The highest BCUT2D eigenvalue weighted by Crippen LogP contribution is 2.25. The molecule has 0 spiro atoms. The van der Waals surface area contributed by atoms with Crippen LogP contribution < -0.4 is 4.74 Å². The summed E-state index contributed by atoms with van der Waals surface area (Å²) in [6.45, 7) is 4.00. The lowest BCUT2D eigenvalue weighted by atomic mass is 9.95. The third-order valence-corrected chi connectivity index (χ3v) is 6.81. The first kappa shape index (κ1) is 23.3. The number of para-hydroxylation sites is 1. The molecule has 2 amide bonds. The standard InChI is InChI=1S/C28H31N3O4/c32-27-9-4-12-30(27)14-16-35-26-8-2-1-7-25(26)28(33)31-13-15-34-20-21(19-31)17-22-5-3-6-23-18-29-11-10-24(22)23/h1-3,5-8,10-11,18,21H,4,9,12-17,19-20H2/t21-/m0/s1. The molecule has 7 heteroatoms. The van der Waals surface area contributed by atoms with Crippen molar-refractivity contribution in [1.82, 2.24) is 14.8 Å². The Hall–Kier alpha value is -3.45. The van der Waals surface area contributed by atoms with Gasteiger partial charge in [-0.2, -0.15) is 0 Å². The first-order chi connectivity index (χ1) is 17.2. The van der Waals surface area contributed by atoms with Crippen LogP contribution >= 0.6 is 0 Å². The first-order valence-electron chi connectivity index (χ1n) is 12.4. The van der Waals surface area contributed by atoms with Crippen molar-refractivity contribution in [3.05, 3.63) is 72.1 Å². The van der Waals surface area contributed by atoms with Crippen LogP contribution in [0.3, 0.4) is 0 Å². The minimum atomic E-state index is -0.0459. The number of aromatic nitrogens is 1. The van der Waals surface area contributed by atoms with Gasteiger partial charge in [-0.3, -0.25) is 14.6 Å². The maximum atomic E-state index is 13.6. The number of amides is 2. The van der Waals surface area contributed by atoms with Crippen LogP contribution in [0.15, 0.2) is 60.9 Å². The van der Waals surface area contributed by atoms with Crippen LogP contribution in [0.5, 0.6) is 5.75 Å². The summed E-state index contributed by atoms with van der Waals surface area (Å²) in [6, 6.07) is 15.7. The van der Waals surface area contributed by atoms with Crippen molar-refractivity contribution in [2.24, 2.45) is 5.92 Å². The van der Waals surface area contributed by atoms with Crippen molar-refractivity contribution in [2.45, 2.75) is 19.3 Å². The predicted octanol–water partition coefficient (Wildman–Crippen LogP) is 3.57. The molecule has 2 aliphatic rings. The molecule has 2 saturated heterocycles. The lowest BCUT2D eigenvalue weighted by Gasteiger charge is -2.25. The van der Waals surface area contributed by atoms with Crippen molar-refractivity contribution in [2.75, 3.05) is 46.0 Å². The minimum absolute atomic E-state index is 0.0459. The molecule has 0 unspecified atom stereocenters. The number of pyridine rings is 1. The van der Waals surface area contributed by atoms with Crippen molar-refractivity contribution >= 4 is 22.6 Å². The Bertz CT molecular complexity index is 1190. The Balaban J connectivity index is 1.27. The van der Waals surface area contributed by atoms with E-state index >= 15 is 0 Å². The molecule has 0 radical (unpaired) electrons. The van der Waals surface area contributed by atoms with Gasteiger partial charge in [0, 0.05) is 49.8 Å². The van der Waals surface area contributed by atoms with E-state index in [1.165, 1.54) is 10.9 Å². The van der Waals surface area contributed by atoms with E-state index in [4.69, 9.17) is 9.47 Å². The molecule has 35 heavy (non-hydrogen) atoms. The number of carbonyl (C=O) groups excluding carboxylic acids is 2.